The predicted molar refractivity (Wildman–Crippen MR) is 96.3 cm³/mol. The van der Waals surface area contributed by atoms with Crippen LogP contribution in [0.1, 0.15) is 11.1 Å². The predicted octanol–water partition coefficient (Wildman–Crippen LogP) is 4.22. The van der Waals surface area contributed by atoms with Gasteiger partial charge in [-0.2, -0.15) is 0 Å². The molecule has 5 heteroatoms. The van der Waals surface area contributed by atoms with Crippen LogP contribution < -0.4 is 14.8 Å². The number of rotatable bonds is 7. The molecule has 0 heterocycles. The number of methoxy groups -OCH3 is 2. The highest BCUT2D eigenvalue weighted by atomic mass is 79.9. The summed E-state index contributed by atoms with van der Waals surface area (Å²) in [5.74, 6) is 1.47. The Morgan fingerprint density at radius 2 is 1.73 bits per heavy atom. The zero-order chi connectivity index (χ0) is 15.1. The Kier molecular flexibility index (Phi) is 8.31. The molecular formula is C17H21BrClNO2. The average molecular weight is 387 g/mol. The van der Waals surface area contributed by atoms with Gasteiger partial charge in [-0.1, -0.05) is 30.3 Å². The summed E-state index contributed by atoms with van der Waals surface area (Å²) in [7, 11) is 3.29. The number of hydrogen-bond acceptors (Lipinski definition) is 3. The SMILES string of the molecule is COc1cc(CNCCc2ccccc2)cc(Br)c1OC.Cl. The molecule has 0 amide bonds. The molecule has 2 aromatic carbocycles. The summed E-state index contributed by atoms with van der Waals surface area (Å²) in [6.07, 6.45) is 1.02. The van der Waals surface area contributed by atoms with Gasteiger partial charge >= 0.3 is 0 Å². The fourth-order valence-corrected chi connectivity index (χ4v) is 2.83. The largest absolute Gasteiger partial charge is 0.493 e. The molecule has 2 rings (SSSR count). The lowest BCUT2D eigenvalue weighted by Crippen LogP contribution is -2.16. The number of hydrogen-bond donors (Lipinski definition) is 1. The van der Waals surface area contributed by atoms with E-state index in [0.717, 1.165) is 41.0 Å². The summed E-state index contributed by atoms with van der Waals surface area (Å²) in [5, 5.41) is 3.45. The van der Waals surface area contributed by atoms with E-state index in [2.05, 4.69) is 51.6 Å². The zero-order valence-electron chi connectivity index (χ0n) is 12.8. The Labute approximate surface area is 146 Å². The third-order valence-electron chi connectivity index (χ3n) is 3.26. The van der Waals surface area contributed by atoms with Crippen LogP contribution in [0.2, 0.25) is 0 Å². The van der Waals surface area contributed by atoms with Crippen LogP contribution in [0, 0.1) is 0 Å². The lowest BCUT2D eigenvalue weighted by molar-refractivity contribution is 0.352. The molecule has 0 unspecified atom stereocenters. The Morgan fingerprint density at radius 3 is 2.36 bits per heavy atom. The van der Waals surface area contributed by atoms with Crippen molar-refractivity contribution >= 4 is 28.3 Å². The summed E-state index contributed by atoms with van der Waals surface area (Å²) in [6.45, 7) is 1.74. The van der Waals surface area contributed by atoms with Gasteiger partial charge in [0.2, 0.25) is 0 Å². The van der Waals surface area contributed by atoms with E-state index in [4.69, 9.17) is 9.47 Å². The molecule has 0 aliphatic heterocycles. The molecule has 2 aromatic rings. The molecule has 0 spiro atoms. The summed E-state index contributed by atoms with van der Waals surface area (Å²) < 4.78 is 11.6. The van der Waals surface area contributed by atoms with Crippen LogP contribution in [0.5, 0.6) is 11.5 Å². The second kappa shape index (κ2) is 9.72. The molecule has 120 valence electrons. The van der Waals surface area contributed by atoms with Crippen LogP contribution >= 0.6 is 28.3 Å². The van der Waals surface area contributed by atoms with Gasteiger partial charge in [-0.15, -0.1) is 12.4 Å². The van der Waals surface area contributed by atoms with Crippen molar-refractivity contribution in [3.63, 3.8) is 0 Å². The maximum atomic E-state index is 5.35. The van der Waals surface area contributed by atoms with E-state index in [1.807, 2.05) is 12.1 Å². The third kappa shape index (κ3) is 5.20. The summed E-state index contributed by atoms with van der Waals surface area (Å²) in [5.41, 5.74) is 2.51. The molecule has 0 aliphatic carbocycles. The van der Waals surface area contributed by atoms with Crippen molar-refractivity contribution in [1.29, 1.82) is 0 Å². The quantitative estimate of drug-likeness (QED) is 0.723. The van der Waals surface area contributed by atoms with E-state index >= 15 is 0 Å². The summed E-state index contributed by atoms with van der Waals surface area (Å²) in [4.78, 5) is 0. The minimum Gasteiger partial charge on any atom is -0.493 e. The first kappa shape index (κ1) is 18.8. The lowest BCUT2D eigenvalue weighted by Gasteiger charge is -2.12. The standard InChI is InChI=1S/C17H20BrNO2.ClH/c1-20-16-11-14(10-15(18)17(16)21-2)12-19-9-8-13-6-4-3-5-7-13;/h3-7,10-11,19H,8-9,12H2,1-2H3;1H. The number of halogens is 2. The monoisotopic (exact) mass is 385 g/mol. The van der Waals surface area contributed by atoms with E-state index in [1.165, 1.54) is 5.56 Å². The number of ether oxygens (including phenoxy) is 2. The van der Waals surface area contributed by atoms with Gasteiger partial charge in [0.1, 0.15) is 0 Å². The molecule has 0 fully saturated rings. The lowest BCUT2D eigenvalue weighted by atomic mass is 10.1. The smallest absolute Gasteiger partial charge is 0.174 e. The van der Waals surface area contributed by atoms with Crippen molar-refractivity contribution < 1.29 is 9.47 Å². The highest BCUT2D eigenvalue weighted by molar-refractivity contribution is 9.10. The minimum atomic E-state index is 0. The van der Waals surface area contributed by atoms with Gasteiger partial charge in [0.05, 0.1) is 18.7 Å². The van der Waals surface area contributed by atoms with Gasteiger partial charge in [-0.3, -0.25) is 0 Å². The second-order valence-electron chi connectivity index (χ2n) is 4.73. The first-order valence-electron chi connectivity index (χ1n) is 6.89. The van der Waals surface area contributed by atoms with Crippen LogP contribution in [0.3, 0.4) is 0 Å². The average Bonchev–Trinajstić information content (AvgIpc) is 2.52. The van der Waals surface area contributed by atoms with Crippen LogP contribution in [-0.2, 0) is 13.0 Å². The molecule has 0 aliphatic rings. The molecule has 0 bridgehead atoms. The number of benzene rings is 2. The Morgan fingerprint density at radius 1 is 1.00 bits per heavy atom. The minimum absolute atomic E-state index is 0. The Balaban J connectivity index is 0.00000242. The van der Waals surface area contributed by atoms with E-state index in [1.54, 1.807) is 14.2 Å². The first-order chi connectivity index (χ1) is 10.2. The summed E-state index contributed by atoms with van der Waals surface area (Å²) in [6, 6.07) is 14.5. The topological polar surface area (TPSA) is 30.5 Å². The van der Waals surface area contributed by atoms with Crippen molar-refractivity contribution in [3.8, 4) is 11.5 Å². The third-order valence-corrected chi connectivity index (χ3v) is 3.84. The number of nitrogens with one attached hydrogen (secondary N) is 1. The fraction of sp³-hybridized carbons (Fsp3) is 0.294. The molecule has 0 saturated heterocycles. The fourth-order valence-electron chi connectivity index (χ4n) is 2.18. The highest BCUT2D eigenvalue weighted by Gasteiger charge is 2.10. The van der Waals surface area contributed by atoms with Crippen LogP contribution in [0.15, 0.2) is 46.9 Å². The van der Waals surface area contributed by atoms with E-state index in [9.17, 15) is 0 Å². The highest BCUT2D eigenvalue weighted by Crippen LogP contribution is 2.36. The maximum absolute atomic E-state index is 5.35. The van der Waals surface area contributed by atoms with Gasteiger partial charge in [-0.05, 0) is 52.2 Å². The van der Waals surface area contributed by atoms with Crippen molar-refractivity contribution in [1.82, 2.24) is 5.32 Å². The molecule has 0 saturated carbocycles. The first-order valence-corrected chi connectivity index (χ1v) is 7.69. The van der Waals surface area contributed by atoms with Crippen molar-refractivity contribution in [3.05, 3.63) is 58.1 Å². The summed E-state index contributed by atoms with van der Waals surface area (Å²) >= 11 is 3.51. The molecule has 1 N–H and O–H groups in total. The van der Waals surface area contributed by atoms with Crippen LogP contribution in [0.25, 0.3) is 0 Å². The normalized spacial score (nSPS) is 9.95. The zero-order valence-corrected chi connectivity index (χ0v) is 15.2. The molecule has 0 aromatic heterocycles. The van der Waals surface area contributed by atoms with Crippen molar-refractivity contribution in [2.24, 2.45) is 0 Å². The van der Waals surface area contributed by atoms with Gasteiger partial charge < -0.3 is 14.8 Å². The maximum Gasteiger partial charge on any atom is 0.174 e. The molecule has 0 atom stereocenters. The molecule has 3 nitrogen and oxygen atoms in total. The molecular weight excluding hydrogens is 366 g/mol. The Hall–Kier alpha value is -1.23. The molecule has 22 heavy (non-hydrogen) atoms. The van der Waals surface area contributed by atoms with Gasteiger partial charge in [0.15, 0.2) is 11.5 Å². The van der Waals surface area contributed by atoms with E-state index in [0.29, 0.717) is 0 Å². The molecule has 0 radical (unpaired) electrons. The van der Waals surface area contributed by atoms with Crippen molar-refractivity contribution in [2.75, 3.05) is 20.8 Å². The van der Waals surface area contributed by atoms with E-state index in [-0.39, 0.29) is 12.4 Å². The van der Waals surface area contributed by atoms with Crippen LogP contribution in [0.4, 0.5) is 0 Å². The van der Waals surface area contributed by atoms with Crippen LogP contribution in [-0.4, -0.2) is 20.8 Å². The van der Waals surface area contributed by atoms with Gasteiger partial charge in [0.25, 0.3) is 0 Å². The van der Waals surface area contributed by atoms with Crippen molar-refractivity contribution in [2.45, 2.75) is 13.0 Å². The van der Waals surface area contributed by atoms with Gasteiger partial charge in [-0.25, -0.2) is 0 Å². The Bertz CT molecular complexity index is 578. The van der Waals surface area contributed by atoms with Gasteiger partial charge in [0, 0.05) is 6.54 Å². The second-order valence-corrected chi connectivity index (χ2v) is 5.58. The van der Waals surface area contributed by atoms with E-state index < -0.39 is 0 Å².